The Kier molecular flexibility index (Phi) is 9.31. The molecule has 5 nitrogen and oxygen atoms in total. The second-order valence-electron chi connectivity index (χ2n) is 11.6. The largest absolute Gasteiger partial charge is 0.374 e. The normalized spacial score (nSPS) is 25.3. The van der Waals surface area contributed by atoms with E-state index < -0.39 is 0 Å². The molecule has 0 aromatic heterocycles. The molecule has 5 heteroatoms. The van der Waals surface area contributed by atoms with Crippen molar-refractivity contribution >= 4 is 5.69 Å². The van der Waals surface area contributed by atoms with Crippen LogP contribution in [0.25, 0.3) is 0 Å². The average Bonchev–Trinajstić information content (AvgIpc) is 3.36. The average molecular weight is 564 g/mol. The van der Waals surface area contributed by atoms with E-state index >= 15 is 0 Å². The third-order valence-electron chi connectivity index (χ3n) is 8.42. The Balaban J connectivity index is 1.30. The van der Waals surface area contributed by atoms with Gasteiger partial charge in [-0.2, -0.15) is 0 Å². The summed E-state index contributed by atoms with van der Waals surface area (Å²) >= 11 is 0. The summed E-state index contributed by atoms with van der Waals surface area (Å²) in [5.41, 5.74) is 5.86. The van der Waals surface area contributed by atoms with Crippen LogP contribution in [0, 0.1) is 6.92 Å². The van der Waals surface area contributed by atoms with Gasteiger partial charge in [0.05, 0.1) is 38.6 Å². The molecule has 4 aromatic carbocycles. The first-order valence-electron chi connectivity index (χ1n) is 15.1. The van der Waals surface area contributed by atoms with Crippen molar-refractivity contribution in [3.8, 4) is 0 Å². The lowest BCUT2D eigenvalue weighted by atomic mass is 9.92. The van der Waals surface area contributed by atoms with E-state index in [1.54, 1.807) is 0 Å². The minimum absolute atomic E-state index is 0.00368. The summed E-state index contributed by atoms with van der Waals surface area (Å²) in [6, 6.07) is 40.1. The molecule has 2 aliphatic heterocycles. The number of benzene rings is 4. The van der Waals surface area contributed by atoms with Crippen LogP contribution in [0.3, 0.4) is 0 Å². The molecule has 0 amide bonds. The molecule has 0 radical (unpaired) electrons. The molecule has 2 aliphatic rings. The molecule has 0 aliphatic carbocycles. The van der Waals surface area contributed by atoms with Gasteiger partial charge in [-0.3, -0.25) is 0 Å². The number of nitrogens with zero attached hydrogens (tertiary/aromatic N) is 1. The fourth-order valence-corrected chi connectivity index (χ4v) is 6.35. The molecular weight excluding hydrogens is 522 g/mol. The minimum Gasteiger partial charge on any atom is -0.374 e. The summed E-state index contributed by atoms with van der Waals surface area (Å²) in [4.78, 5) is 2.50. The Morgan fingerprint density at radius 2 is 1.19 bits per heavy atom. The molecule has 2 heterocycles. The quantitative estimate of drug-likeness (QED) is 0.194. The van der Waals surface area contributed by atoms with E-state index in [1.807, 2.05) is 42.5 Å². The molecule has 6 unspecified atom stereocenters. The topological polar surface area (TPSA) is 40.2 Å². The molecule has 0 saturated carbocycles. The van der Waals surface area contributed by atoms with Crippen LogP contribution in [0.5, 0.6) is 0 Å². The SMILES string of the molecule is Cc1ccc(N2C(C)CC3OC(COCc4ccccc4)C(OCc4ccccc4)C(OCc4ccccc4)C32)cc1. The highest BCUT2D eigenvalue weighted by atomic mass is 16.6. The maximum absolute atomic E-state index is 6.91. The van der Waals surface area contributed by atoms with E-state index in [0.29, 0.717) is 32.5 Å². The molecule has 2 fully saturated rings. The van der Waals surface area contributed by atoms with Gasteiger partial charge in [-0.1, -0.05) is 109 Å². The summed E-state index contributed by atoms with van der Waals surface area (Å²) in [7, 11) is 0. The van der Waals surface area contributed by atoms with Crippen LogP contribution in [0.2, 0.25) is 0 Å². The molecule has 0 spiro atoms. The Morgan fingerprint density at radius 3 is 1.76 bits per heavy atom. The molecule has 2 saturated heterocycles. The molecule has 6 rings (SSSR count). The van der Waals surface area contributed by atoms with Crippen molar-refractivity contribution in [3.05, 3.63) is 138 Å². The van der Waals surface area contributed by atoms with Crippen molar-refractivity contribution in [3.63, 3.8) is 0 Å². The zero-order valence-electron chi connectivity index (χ0n) is 24.5. The number of hydrogen-bond acceptors (Lipinski definition) is 5. The number of hydrogen-bond donors (Lipinski definition) is 0. The lowest BCUT2D eigenvalue weighted by Crippen LogP contribution is -2.62. The fraction of sp³-hybridized carbons (Fsp3) is 0.351. The molecule has 42 heavy (non-hydrogen) atoms. The summed E-state index contributed by atoms with van der Waals surface area (Å²) in [6.45, 7) is 6.36. The predicted molar refractivity (Wildman–Crippen MR) is 166 cm³/mol. The Labute approximate surface area is 250 Å². The summed E-state index contributed by atoms with van der Waals surface area (Å²) in [5.74, 6) is 0. The van der Waals surface area contributed by atoms with Gasteiger partial charge < -0.3 is 23.8 Å². The van der Waals surface area contributed by atoms with E-state index in [9.17, 15) is 0 Å². The van der Waals surface area contributed by atoms with Crippen LogP contribution in [0.4, 0.5) is 5.69 Å². The van der Waals surface area contributed by atoms with Crippen LogP contribution in [0.1, 0.15) is 35.6 Å². The van der Waals surface area contributed by atoms with Crippen LogP contribution >= 0.6 is 0 Å². The first-order valence-corrected chi connectivity index (χ1v) is 15.1. The smallest absolute Gasteiger partial charge is 0.115 e. The van der Waals surface area contributed by atoms with Crippen molar-refractivity contribution in [1.29, 1.82) is 0 Å². The molecule has 4 aromatic rings. The second-order valence-corrected chi connectivity index (χ2v) is 11.6. The first-order chi connectivity index (χ1) is 20.7. The van der Waals surface area contributed by atoms with Gasteiger partial charge in [0.1, 0.15) is 18.3 Å². The first kappa shape index (κ1) is 28.6. The predicted octanol–water partition coefficient (Wildman–Crippen LogP) is 7.12. The molecule has 218 valence electrons. The molecule has 0 N–H and O–H groups in total. The van der Waals surface area contributed by atoms with Crippen molar-refractivity contribution in [2.45, 2.75) is 76.6 Å². The van der Waals surface area contributed by atoms with Crippen molar-refractivity contribution in [1.82, 2.24) is 0 Å². The number of rotatable bonds is 11. The van der Waals surface area contributed by atoms with Gasteiger partial charge in [-0.05, 0) is 49.1 Å². The van der Waals surface area contributed by atoms with E-state index in [-0.39, 0.29) is 30.5 Å². The fourth-order valence-electron chi connectivity index (χ4n) is 6.35. The standard InChI is InChI=1S/C37H41NO4/c1-27-18-20-32(21-19-27)38-28(2)22-33-35(38)37(41-25-31-16-10-5-11-17-31)36(40-24-30-14-8-4-9-15-30)34(42-33)26-39-23-29-12-6-3-7-13-29/h3-21,28,33-37H,22-26H2,1-2H3. The van der Waals surface area contributed by atoms with Crippen molar-refractivity contribution in [2.75, 3.05) is 11.5 Å². The van der Waals surface area contributed by atoms with Gasteiger partial charge in [-0.25, -0.2) is 0 Å². The summed E-state index contributed by atoms with van der Waals surface area (Å²) < 4.78 is 26.9. The summed E-state index contributed by atoms with van der Waals surface area (Å²) in [5, 5.41) is 0. The van der Waals surface area contributed by atoms with Gasteiger partial charge in [0.2, 0.25) is 0 Å². The lowest BCUT2D eigenvalue weighted by Gasteiger charge is -2.47. The van der Waals surface area contributed by atoms with E-state index in [2.05, 4.69) is 91.5 Å². The third-order valence-corrected chi connectivity index (χ3v) is 8.42. The van der Waals surface area contributed by atoms with Crippen LogP contribution < -0.4 is 4.90 Å². The number of fused-ring (bicyclic) bond motifs is 1. The Bertz CT molecular complexity index is 1370. The monoisotopic (exact) mass is 563 g/mol. The molecule has 6 atom stereocenters. The second kappa shape index (κ2) is 13.7. The zero-order chi connectivity index (χ0) is 28.7. The van der Waals surface area contributed by atoms with Crippen molar-refractivity contribution < 1.29 is 18.9 Å². The Morgan fingerprint density at radius 1 is 0.667 bits per heavy atom. The third kappa shape index (κ3) is 6.77. The van der Waals surface area contributed by atoms with Gasteiger partial charge >= 0.3 is 0 Å². The highest BCUT2D eigenvalue weighted by Gasteiger charge is 2.54. The number of aryl methyl sites for hydroxylation is 1. The van der Waals surface area contributed by atoms with E-state index in [0.717, 1.165) is 23.1 Å². The van der Waals surface area contributed by atoms with Gasteiger partial charge in [0.25, 0.3) is 0 Å². The molecule has 0 bridgehead atoms. The lowest BCUT2D eigenvalue weighted by molar-refractivity contribution is -0.222. The van der Waals surface area contributed by atoms with E-state index in [1.165, 1.54) is 11.3 Å². The highest BCUT2D eigenvalue weighted by molar-refractivity contribution is 5.52. The maximum atomic E-state index is 6.91. The van der Waals surface area contributed by atoms with E-state index in [4.69, 9.17) is 18.9 Å². The molecular formula is C37H41NO4. The van der Waals surface area contributed by atoms with Crippen molar-refractivity contribution in [2.24, 2.45) is 0 Å². The Hall–Kier alpha value is -3.48. The minimum atomic E-state index is -0.316. The van der Waals surface area contributed by atoms with Gasteiger partial charge in [0.15, 0.2) is 0 Å². The van der Waals surface area contributed by atoms with Crippen LogP contribution in [-0.2, 0) is 38.8 Å². The highest BCUT2D eigenvalue weighted by Crippen LogP contribution is 2.41. The summed E-state index contributed by atoms with van der Waals surface area (Å²) in [6.07, 6.45) is 0.131. The van der Waals surface area contributed by atoms with Crippen LogP contribution in [0.15, 0.2) is 115 Å². The number of anilines is 1. The van der Waals surface area contributed by atoms with Gasteiger partial charge in [-0.15, -0.1) is 0 Å². The number of ether oxygens (including phenoxy) is 4. The zero-order valence-corrected chi connectivity index (χ0v) is 24.5. The van der Waals surface area contributed by atoms with Crippen LogP contribution in [-0.4, -0.2) is 43.1 Å². The maximum Gasteiger partial charge on any atom is 0.115 e. The van der Waals surface area contributed by atoms with Gasteiger partial charge in [0, 0.05) is 11.7 Å².